The van der Waals surface area contributed by atoms with Crippen LogP contribution in [0.5, 0.6) is 0 Å². The van der Waals surface area contributed by atoms with Crippen molar-refractivity contribution in [3.8, 4) is 0 Å². The maximum atomic E-state index is 12.7. The third-order valence-electron chi connectivity index (χ3n) is 4.28. The molecule has 0 aliphatic carbocycles. The monoisotopic (exact) mass is 330 g/mol. The fourth-order valence-electron chi connectivity index (χ4n) is 3.00. The highest BCUT2D eigenvalue weighted by Gasteiger charge is 2.28. The summed E-state index contributed by atoms with van der Waals surface area (Å²) in [4.78, 5) is 25.3. The highest BCUT2D eigenvalue weighted by molar-refractivity contribution is 5.81. The van der Waals surface area contributed by atoms with E-state index in [9.17, 15) is 9.59 Å². The van der Waals surface area contributed by atoms with Gasteiger partial charge in [0, 0.05) is 13.2 Å². The number of carbonyl (C=O) groups excluding carboxylic acids is 1. The van der Waals surface area contributed by atoms with E-state index in [1.165, 1.54) is 4.68 Å². The Hall–Kier alpha value is -2.28. The molecule has 1 fully saturated rings. The average molecular weight is 330 g/mol. The van der Waals surface area contributed by atoms with Gasteiger partial charge in [0.15, 0.2) is 0 Å². The summed E-state index contributed by atoms with van der Waals surface area (Å²) in [5, 5.41) is 11.4. The molecule has 1 unspecified atom stereocenters. The van der Waals surface area contributed by atoms with Crippen molar-refractivity contribution in [3.63, 3.8) is 0 Å². The fourth-order valence-corrected chi connectivity index (χ4v) is 3.00. The second kappa shape index (κ2) is 7.09. The third-order valence-corrected chi connectivity index (χ3v) is 4.28. The Bertz CT molecular complexity index is 781. The Morgan fingerprint density at radius 1 is 1.42 bits per heavy atom. The van der Waals surface area contributed by atoms with Gasteiger partial charge in [0.1, 0.15) is 11.6 Å². The quantitative estimate of drug-likeness (QED) is 0.892. The molecule has 0 radical (unpaired) electrons. The molecule has 2 heterocycles. The van der Waals surface area contributed by atoms with Crippen LogP contribution in [0.25, 0.3) is 10.9 Å². The molecule has 1 amide bonds. The zero-order chi connectivity index (χ0) is 17.1. The summed E-state index contributed by atoms with van der Waals surface area (Å²) in [5.41, 5.74) is 0.229. The van der Waals surface area contributed by atoms with Gasteiger partial charge in [-0.2, -0.15) is 4.68 Å². The van der Waals surface area contributed by atoms with E-state index in [2.05, 4.69) is 15.6 Å². The van der Waals surface area contributed by atoms with E-state index in [0.717, 1.165) is 19.4 Å². The number of nitrogens with one attached hydrogen (secondary N) is 1. The first-order valence-electron chi connectivity index (χ1n) is 8.31. The number of amides is 1. The van der Waals surface area contributed by atoms with Crippen LogP contribution in [-0.4, -0.2) is 40.2 Å². The van der Waals surface area contributed by atoms with Crippen LogP contribution in [0.2, 0.25) is 0 Å². The molecule has 1 aromatic heterocycles. The molecule has 0 bridgehead atoms. The van der Waals surface area contributed by atoms with Gasteiger partial charge in [-0.15, -0.1) is 5.10 Å². The van der Waals surface area contributed by atoms with Crippen LogP contribution in [0.15, 0.2) is 29.1 Å². The number of fused-ring (bicyclic) bond motifs is 1. The van der Waals surface area contributed by atoms with E-state index < -0.39 is 6.04 Å². The molecule has 1 saturated heterocycles. The van der Waals surface area contributed by atoms with Crippen molar-refractivity contribution >= 4 is 16.8 Å². The predicted molar refractivity (Wildman–Crippen MR) is 89.7 cm³/mol. The molecule has 0 spiro atoms. The molecule has 1 aliphatic heterocycles. The number of rotatable bonds is 5. The van der Waals surface area contributed by atoms with Gasteiger partial charge in [-0.05, 0) is 30.9 Å². The van der Waals surface area contributed by atoms with Crippen LogP contribution in [-0.2, 0) is 9.53 Å². The molecule has 0 saturated carbocycles. The maximum Gasteiger partial charge on any atom is 0.278 e. The highest BCUT2D eigenvalue weighted by Crippen LogP contribution is 2.17. The number of hydrogen-bond donors (Lipinski definition) is 1. The second-order valence-corrected chi connectivity index (χ2v) is 6.43. The van der Waals surface area contributed by atoms with E-state index in [4.69, 9.17) is 4.74 Å². The van der Waals surface area contributed by atoms with Gasteiger partial charge in [-0.25, -0.2) is 0 Å². The van der Waals surface area contributed by atoms with Crippen molar-refractivity contribution in [2.45, 2.75) is 38.8 Å². The Morgan fingerprint density at radius 3 is 2.92 bits per heavy atom. The van der Waals surface area contributed by atoms with Gasteiger partial charge in [-0.3, -0.25) is 9.59 Å². The van der Waals surface area contributed by atoms with E-state index in [1.807, 2.05) is 13.8 Å². The molecule has 1 aromatic carbocycles. The molecule has 1 aliphatic rings. The van der Waals surface area contributed by atoms with Crippen molar-refractivity contribution in [1.82, 2.24) is 20.3 Å². The number of benzene rings is 1. The third kappa shape index (κ3) is 3.31. The molecule has 3 rings (SSSR count). The van der Waals surface area contributed by atoms with E-state index in [0.29, 0.717) is 17.4 Å². The minimum Gasteiger partial charge on any atom is -0.376 e. The summed E-state index contributed by atoms with van der Waals surface area (Å²) in [6.07, 6.45) is 2.02. The largest absolute Gasteiger partial charge is 0.376 e. The summed E-state index contributed by atoms with van der Waals surface area (Å²) < 4.78 is 6.71. The van der Waals surface area contributed by atoms with Crippen molar-refractivity contribution in [1.29, 1.82) is 0 Å². The van der Waals surface area contributed by atoms with Crippen molar-refractivity contribution in [3.05, 3.63) is 34.6 Å². The lowest BCUT2D eigenvalue weighted by molar-refractivity contribution is -0.126. The van der Waals surface area contributed by atoms with Crippen LogP contribution < -0.4 is 10.9 Å². The molecule has 128 valence electrons. The van der Waals surface area contributed by atoms with Crippen molar-refractivity contribution in [2.75, 3.05) is 13.2 Å². The number of nitrogens with zero attached hydrogens (tertiary/aromatic N) is 3. The van der Waals surface area contributed by atoms with Crippen molar-refractivity contribution in [2.24, 2.45) is 5.92 Å². The summed E-state index contributed by atoms with van der Waals surface area (Å²) in [6.45, 7) is 4.97. The first kappa shape index (κ1) is 16.6. The van der Waals surface area contributed by atoms with Gasteiger partial charge in [0.25, 0.3) is 5.56 Å². The van der Waals surface area contributed by atoms with Gasteiger partial charge in [-0.1, -0.05) is 31.2 Å². The van der Waals surface area contributed by atoms with Gasteiger partial charge in [0.2, 0.25) is 5.91 Å². The Morgan fingerprint density at radius 2 is 2.21 bits per heavy atom. The second-order valence-electron chi connectivity index (χ2n) is 6.43. The van der Waals surface area contributed by atoms with E-state index in [1.54, 1.807) is 24.3 Å². The topological polar surface area (TPSA) is 86.1 Å². The molecule has 24 heavy (non-hydrogen) atoms. The van der Waals surface area contributed by atoms with E-state index >= 15 is 0 Å². The first-order chi connectivity index (χ1) is 11.6. The molecule has 1 N–H and O–H groups in total. The van der Waals surface area contributed by atoms with Gasteiger partial charge in [0.05, 0.1) is 11.5 Å². The normalized spacial score (nSPS) is 18.9. The lowest BCUT2D eigenvalue weighted by Crippen LogP contribution is -2.43. The molecule has 2 atom stereocenters. The summed E-state index contributed by atoms with van der Waals surface area (Å²) in [5.74, 6) is -0.324. The fraction of sp³-hybridized carbons (Fsp3) is 0.529. The smallest absolute Gasteiger partial charge is 0.278 e. The molecule has 2 aromatic rings. The maximum absolute atomic E-state index is 12.7. The minimum absolute atomic E-state index is 0.0566. The van der Waals surface area contributed by atoms with Gasteiger partial charge >= 0.3 is 0 Å². The summed E-state index contributed by atoms with van der Waals surface area (Å²) >= 11 is 0. The molecular formula is C17H22N4O3. The van der Waals surface area contributed by atoms with Crippen LogP contribution in [0, 0.1) is 5.92 Å². The number of hydrogen-bond acceptors (Lipinski definition) is 5. The Kier molecular flexibility index (Phi) is 4.89. The zero-order valence-corrected chi connectivity index (χ0v) is 13.9. The molecule has 7 heteroatoms. The predicted octanol–water partition coefficient (Wildman–Crippen LogP) is 1.28. The summed E-state index contributed by atoms with van der Waals surface area (Å²) in [6, 6.07) is 6.31. The first-order valence-corrected chi connectivity index (χ1v) is 8.31. The minimum atomic E-state index is -0.698. The average Bonchev–Trinajstić information content (AvgIpc) is 3.09. The standard InChI is InChI=1S/C17H22N4O3/c1-11(2)15(16(22)18-10-12-6-5-9-24-12)21-17(23)13-7-3-4-8-14(13)19-20-21/h3-4,7-8,11-12,15H,5-6,9-10H2,1-2H3,(H,18,22)/t12?,15-/m0/s1. The van der Waals surface area contributed by atoms with E-state index in [-0.39, 0.29) is 23.5 Å². The van der Waals surface area contributed by atoms with Crippen LogP contribution in [0.4, 0.5) is 0 Å². The van der Waals surface area contributed by atoms with Gasteiger partial charge < -0.3 is 10.1 Å². The SMILES string of the molecule is CC(C)[C@@H](C(=O)NCC1CCCO1)n1nnc2ccccc2c1=O. The number of ether oxygens (including phenoxy) is 1. The lowest BCUT2D eigenvalue weighted by atomic mass is 10.0. The Labute approximate surface area is 140 Å². The van der Waals surface area contributed by atoms with Crippen LogP contribution in [0.3, 0.4) is 0 Å². The highest BCUT2D eigenvalue weighted by atomic mass is 16.5. The summed E-state index contributed by atoms with van der Waals surface area (Å²) in [7, 11) is 0. The van der Waals surface area contributed by atoms with Crippen LogP contribution in [0.1, 0.15) is 32.7 Å². The Balaban J connectivity index is 1.86. The number of aromatic nitrogens is 3. The molecular weight excluding hydrogens is 308 g/mol. The number of carbonyl (C=O) groups is 1. The lowest BCUT2D eigenvalue weighted by Gasteiger charge is -2.22. The van der Waals surface area contributed by atoms with Crippen LogP contribution >= 0.6 is 0 Å². The zero-order valence-electron chi connectivity index (χ0n) is 13.9. The van der Waals surface area contributed by atoms with Crippen molar-refractivity contribution < 1.29 is 9.53 Å². The molecule has 7 nitrogen and oxygen atoms in total.